The van der Waals surface area contributed by atoms with E-state index in [-0.39, 0.29) is 42.5 Å². The van der Waals surface area contributed by atoms with Gasteiger partial charge in [0.15, 0.2) is 0 Å². The third-order valence-corrected chi connectivity index (χ3v) is 7.31. The van der Waals surface area contributed by atoms with E-state index in [1.807, 2.05) is 30.3 Å². The van der Waals surface area contributed by atoms with Gasteiger partial charge in [-0.05, 0) is 36.6 Å². The van der Waals surface area contributed by atoms with Crippen molar-refractivity contribution in [2.75, 3.05) is 40.9 Å². The van der Waals surface area contributed by atoms with Gasteiger partial charge in [-0.2, -0.15) is 5.26 Å². The minimum Gasteiger partial charge on any atom is -0.493 e. The van der Waals surface area contributed by atoms with Gasteiger partial charge in [0.05, 0.1) is 36.0 Å². The van der Waals surface area contributed by atoms with E-state index in [0.717, 1.165) is 18.4 Å². The first-order valence-corrected chi connectivity index (χ1v) is 12.8. The van der Waals surface area contributed by atoms with Crippen molar-refractivity contribution in [1.29, 1.82) is 5.26 Å². The van der Waals surface area contributed by atoms with Gasteiger partial charge >= 0.3 is 0 Å². The number of nitriles is 1. The van der Waals surface area contributed by atoms with Gasteiger partial charge in [-0.25, -0.2) is 0 Å². The third-order valence-electron chi connectivity index (χ3n) is 7.31. The van der Waals surface area contributed by atoms with Gasteiger partial charge in [0, 0.05) is 53.1 Å². The van der Waals surface area contributed by atoms with Crippen molar-refractivity contribution in [1.82, 2.24) is 9.80 Å². The van der Waals surface area contributed by atoms with Crippen molar-refractivity contribution in [3.05, 3.63) is 65.2 Å². The molecule has 2 aromatic rings. The average Bonchev–Trinajstić information content (AvgIpc) is 2.92. The zero-order chi connectivity index (χ0) is 26.4. The molecule has 1 saturated heterocycles. The SMILES string of the molecule is CO[C@H]1CC[C@H]2CCOc3ccc(C#N)cc3C(=O)N(C)C[C@H](c3ccccc3)CC(=O)N(C)C[C@H]1O2. The lowest BCUT2D eigenvalue weighted by atomic mass is 9.93. The van der Waals surface area contributed by atoms with Crippen LogP contribution in [0, 0.1) is 11.3 Å². The summed E-state index contributed by atoms with van der Waals surface area (Å²) >= 11 is 0. The van der Waals surface area contributed by atoms with Crippen molar-refractivity contribution in [3.63, 3.8) is 0 Å². The summed E-state index contributed by atoms with van der Waals surface area (Å²) in [6.45, 7) is 1.14. The monoisotopic (exact) mass is 505 g/mol. The number of hydrogen-bond donors (Lipinski definition) is 0. The molecule has 8 heteroatoms. The number of amides is 2. The van der Waals surface area contributed by atoms with Crippen LogP contribution in [0.15, 0.2) is 48.5 Å². The van der Waals surface area contributed by atoms with E-state index in [9.17, 15) is 14.9 Å². The minimum absolute atomic E-state index is 0.0159. The van der Waals surface area contributed by atoms with Crippen LogP contribution < -0.4 is 4.74 Å². The Morgan fingerprint density at radius 3 is 2.51 bits per heavy atom. The summed E-state index contributed by atoms with van der Waals surface area (Å²) in [6, 6.07) is 16.8. The Morgan fingerprint density at radius 1 is 1.00 bits per heavy atom. The second-order valence-corrected chi connectivity index (χ2v) is 9.88. The largest absolute Gasteiger partial charge is 0.493 e. The van der Waals surface area contributed by atoms with E-state index in [4.69, 9.17) is 14.2 Å². The van der Waals surface area contributed by atoms with E-state index in [1.165, 1.54) is 0 Å². The van der Waals surface area contributed by atoms with Gasteiger partial charge in [0.1, 0.15) is 11.9 Å². The Hall–Kier alpha value is -3.41. The maximum absolute atomic E-state index is 13.6. The predicted octanol–water partition coefficient (Wildman–Crippen LogP) is 3.61. The number of likely N-dealkylation sites (N-methyl/N-ethyl adjacent to an activating group) is 2. The van der Waals surface area contributed by atoms with Crippen molar-refractivity contribution in [2.24, 2.45) is 0 Å². The summed E-state index contributed by atoms with van der Waals surface area (Å²) < 4.78 is 18.1. The normalized spacial score (nSPS) is 25.7. The number of ether oxygens (including phenoxy) is 3. The number of fused-ring (bicyclic) bond motifs is 3. The molecule has 2 heterocycles. The second kappa shape index (κ2) is 12.2. The molecule has 0 radical (unpaired) electrons. The molecule has 2 aliphatic rings. The fourth-order valence-corrected chi connectivity index (χ4v) is 5.14. The maximum Gasteiger partial charge on any atom is 0.257 e. The highest BCUT2D eigenvalue weighted by molar-refractivity contribution is 5.97. The van der Waals surface area contributed by atoms with Crippen LogP contribution in [0.1, 0.15) is 53.1 Å². The Bertz CT molecular complexity index is 1130. The zero-order valence-electron chi connectivity index (χ0n) is 21.8. The summed E-state index contributed by atoms with van der Waals surface area (Å²) in [6.07, 6.45) is 2.21. The summed E-state index contributed by atoms with van der Waals surface area (Å²) in [5, 5.41) is 9.43. The molecule has 8 nitrogen and oxygen atoms in total. The molecule has 4 rings (SSSR count). The van der Waals surface area contributed by atoms with Gasteiger partial charge < -0.3 is 24.0 Å². The highest BCUT2D eigenvalue weighted by Crippen LogP contribution is 2.29. The van der Waals surface area contributed by atoms with Crippen LogP contribution in [0.2, 0.25) is 0 Å². The molecule has 4 atom stereocenters. The highest BCUT2D eigenvalue weighted by Gasteiger charge is 2.34. The number of carbonyl (C=O) groups excluding carboxylic acids is 2. The topological polar surface area (TPSA) is 92.1 Å². The van der Waals surface area contributed by atoms with Gasteiger partial charge in [0.2, 0.25) is 5.91 Å². The van der Waals surface area contributed by atoms with Crippen LogP contribution in [-0.2, 0) is 14.3 Å². The van der Waals surface area contributed by atoms with Crippen molar-refractivity contribution in [2.45, 2.75) is 49.9 Å². The van der Waals surface area contributed by atoms with Gasteiger partial charge in [-0.1, -0.05) is 30.3 Å². The van der Waals surface area contributed by atoms with Crippen molar-refractivity contribution >= 4 is 11.8 Å². The molecular formula is C29H35N3O5. The van der Waals surface area contributed by atoms with Crippen LogP contribution >= 0.6 is 0 Å². The number of rotatable bonds is 2. The predicted molar refractivity (Wildman–Crippen MR) is 138 cm³/mol. The van der Waals surface area contributed by atoms with E-state index in [0.29, 0.717) is 43.0 Å². The molecule has 37 heavy (non-hydrogen) atoms. The van der Waals surface area contributed by atoms with E-state index in [1.54, 1.807) is 49.2 Å². The first-order valence-electron chi connectivity index (χ1n) is 12.8. The smallest absolute Gasteiger partial charge is 0.257 e. The molecule has 2 aromatic carbocycles. The molecule has 0 saturated carbocycles. The molecule has 0 N–H and O–H groups in total. The number of nitrogens with zero attached hydrogens (tertiary/aromatic N) is 3. The van der Waals surface area contributed by atoms with Crippen molar-refractivity contribution < 1.29 is 23.8 Å². The first-order chi connectivity index (χ1) is 17.9. The summed E-state index contributed by atoms with van der Waals surface area (Å²) in [5.74, 6) is -0.0346. The van der Waals surface area contributed by atoms with Gasteiger partial charge in [-0.15, -0.1) is 0 Å². The Morgan fingerprint density at radius 2 is 1.78 bits per heavy atom. The number of benzene rings is 2. The Labute approximate surface area is 218 Å². The second-order valence-electron chi connectivity index (χ2n) is 9.88. The van der Waals surface area contributed by atoms with E-state index in [2.05, 4.69) is 6.07 Å². The quantitative estimate of drug-likeness (QED) is 0.619. The molecule has 0 aliphatic carbocycles. The molecule has 2 aliphatic heterocycles. The average molecular weight is 506 g/mol. The van der Waals surface area contributed by atoms with E-state index < -0.39 is 0 Å². The summed E-state index contributed by atoms with van der Waals surface area (Å²) in [7, 11) is 5.20. The van der Waals surface area contributed by atoms with Crippen LogP contribution in [-0.4, -0.2) is 80.8 Å². The molecule has 0 aromatic heterocycles. The lowest BCUT2D eigenvalue weighted by molar-refractivity contribution is -0.150. The fourth-order valence-electron chi connectivity index (χ4n) is 5.14. The first kappa shape index (κ1) is 26.6. The molecule has 0 spiro atoms. The van der Waals surface area contributed by atoms with Crippen LogP contribution in [0.25, 0.3) is 0 Å². The standard InChI is InChI=1S/C29H35N3O5/c1-31-19-27-26(35-3)12-10-23(37-27)13-14-36-25-11-9-20(17-30)15-24(25)29(34)32(2)18-22(16-28(31)33)21-7-5-4-6-8-21/h4-9,11,15,22-23,26-27H,10,12-14,16,18-19H2,1-3H3/t22-,23+,26+,27-/m1/s1. The molecule has 2 amide bonds. The highest BCUT2D eigenvalue weighted by atomic mass is 16.5. The maximum atomic E-state index is 13.6. The number of hydrogen-bond acceptors (Lipinski definition) is 6. The molecule has 0 unspecified atom stereocenters. The van der Waals surface area contributed by atoms with Gasteiger partial charge in [0.25, 0.3) is 5.91 Å². The molecule has 2 bridgehead atoms. The number of carbonyl (C=O) groups is 2. The van der Waals surface area contributed by atoms with E-state index >= 15 is 0 Å². The molecular weight excluding hydrogens is 470 g/mol. The Balaban J connectivity index is 1.68. The zero-order valence-corrected chi connectivity index (χ0v) is 21.8. The van der Waals surface area contributed by atoms with Crippen LogP contribution in [0.4, 0.5) is 0 Å². The lowest BCUT2D eigenvalue weighted by Gasteiger charge is -2.38. The lowest BCUT2D eigenvalue weighted by Crippen LogP contribution is -2.48. The van der Waals surface area contributed by atoms with Gasteiger partial charge in [-0.3, -0.25) is 9.59 Å². The number of methoxy groups -OCH3 is 1. The fraction of sp³-hybridized carbons (Fsp3) is 0.483. The van der Waals surface area contributed by atoms with Crippen LogP contribution in [0.3, 0.4) is 0 Å². The van der Waals surface area contributed by atoms with Crippen molar-refractivity contribution in [3.8, 4) is 11.8 Å². The summed E-state index contributed by atoms with van der Waals surface area (Å²) in [4.78, 5) is 30.3. The minimum atomic E-state index is -0.252. The molecule has 1 fully saturated rings. The molecule has 196 valence electrons. The Kier molecular flexibility index (Phi) is 8.80. The van der Waals surface area contributed by atoms with Crippen LogP contribution in [0.5, 0.6) is 5.75 Å². The third kappa shape index (κ3) is 6.48. The summed E-state index contributed by atoms with van der Waals surface area (Å²) in [5.41, 5.74) is 1.71.